The third kappa shape index (κ3) is 10.5. The summed E-state index contributed by atoms with van der Waals surface area (Å²) in [5.41, 5.74) is 0. The molecule has 2 nitrogen and oxygen atoms in total. The number of hydrogen-bond acceptors (Lipinski definition) is 2. The molecule has 90 valence electrons. The summed E-state index contributed by atoms with van der Waals surface area (Å²) in [4.78, 5) is 0. The van der Waals surface area contributed by atoms with Crippen molar-refractivity contribution >= 4 is 0 Å². The third-order valence-electron chi connectivity index (χ3n) is 1.82. The van der Waals surface area contributed by atoms with E-state index in [0.29, 0.717) is 0 Å². The minimum absolute atomic E-state index is 0.811. The van der Waals surface area contributed by atoms with Crippen LogP contribution < -0.4 is 0 Å². The molecule has 2 atom stereocenters. The fourth-order valence-corrected chi connectivity index (χ4v) is 0.932. The Morgan fingerprint density at radius 1 is 1.00 bits per heavy atom. The predicted molar refractivity (Wildman–Crippen MR) is 71.0 cm³/mol. The van der Waals surface area contributed by atoms with Gasteiger partial charge in [-0.15, -0.1) is 6.58 Å². The smallest absolute Gasteiger partial charge is 0.134 e. The molecule has 0 unspecified atom stereocenters. The summed E-state index contributed by atoms with van der Waals surface area (Å²) in [7, 11) is 0. The van der Waals surface area contributed by atoms with Gasteiger partial charge in [0.05, 0.1) is 0 Å². The summed E-state index contributed by atoms with van der Waals surface area (Å²) in [6, 6.07) is 0. The van der Waals surface area contributed by atoms with E-state index in [-0.39, 0.29) is 0 Å². The molecule has 0 radical (unpaired) electrons. The first-order valence-electron chi connectivity index (χ1n) is 5.48. The number of aliphatic hydroxyl groups is 2. The third-order valence-corrected chi connectivity index (χ3v) is 1.82. The molecule has 17 heavy (non-hydrogen) atoms. The van der Waals surface area contributed by atoms with Gasteiger partial charge in [-0.1, -0.05) is 36.6 Å². The van der Waals surface area contributed by atoms with E-state index >= 15 is 0 Å². The molecule has 0 saturated heterocycles. The van der Waals surface area contributed by atoms with Crippen molar-refractivity contribution < 1.29 is 10.2 Å². The Labute approximate surface area is 103 Å². The molecule has 0 aromatic rings. The highest BCUT2D eigenvalue weighted by molar-refractivity contribution is 5.31. The fourth-order valence-electron chi connectivity index (χ4n) is 0.932. The summed E-state index contributed by atoms with van der Waals surface area (Å²) in [5.74, 6) is 9.88. The van der Waals surface area contributed by atoms with Crippen molar-refractivity contribution in [3.63, 3.8) is 0 Å². The van der Waals surface area contributed by atoms with Crippen LogP contribution in [0.3, 0.4) is 0 Å². The number of aliphatic hydroxyl groups excluding tert-OH is 2. The second kappa shape index (κ2) is 10.8. The Bertz CT molecular complexity index is 371. The second-order valence-electron chi connectivity index (χ2n) is 3.31. The van der Waals surface area contributed by atoms with Gasteiger partial charge in [0, 0.05) is 0 Å². The van der Waals surface area contributed by atoms with E-state index in [9.17, 15) is 5.11 Å². The Kier molecular flexibility index (Phi) is 9.67. The van der Waals surface area contributed by atoms with E-state index in [0.717, 1.165) is 19.3 Å². The van der Waals surface area contributed by atoms with Crippen LogP contribution in [0.1, 0.15) is 19.3 Å². The number of rotatable bonds is 6. The van der Waals surface area contributed by atoms with Gasteiger partial charge < -0.3 is 10.2 Å². The van der Waals surface area contributed by atoms with Gasteiger partial charge >= 0.3 is 0 Å². The number of allylic oxidation sites excluding steroid dienone is 2. The second-order valence-corrected chi connectivity index (χ2v) is 3.31. The van der Waals surface area contributed by atoms with Crippen LogP contribution in [0.5, 0.6) is 0 Å². The van der Waals surface area contributed by atoms with Gasteiger partial charge in [-0.05, 0) is 37.2 Å². The number of hydrogen-bond donors (Lipinski definition) is 2. The van der Waals surface area contributed by atoms with Gasteiger partial charge in [0.15, 0.2) is 0 Å². The largest absolute Gasteiger partial charge is 0.377 e. The van der Waals surface area contributed by atoms with Gasteiger partial charge in [-0.3, -0.25) is 0 Å². The van der Waals surface area contributed by atoms with Crippen LogP contribution >= 0.6 is 0 Å². The topological polar surface area (TPSA) is 40.5 Å². The standard InChI is InChI=1S/C15H18O2/c1-3-5-6-7-8-12-15(17)13-10-9-11-14(16)4-2/h3-4,8,12,14-17H,1-2,5-7H2/b12-8-/t14-,15+/m1/s1. The number of unbranched alkanes of at least 4 members (excludes halogenated alkanes) is 2. The molecule has 0 bridgehead atoms. The summed E-state index contributed by atoms with van der Waals surface area (Å²) < 4.78 is 0. The van der Waals surface area contributed by atoms with Gasteiger partial charge in [-0.25, -0.2) is 0 Å². The van der Waals surface area contributed by atoms with Crippen LogP contribution in [-0.2, 0) is 0 Å². The molecule has 0 aliphatic carbocycles. The SMILES string of the molecule is C=CCCC/C=C\[C@H](O)C#CC#C[C@H](O)C=C. The average molecular weight is 230 g/mol. The highest BCUT2D eigenvalue weighted by Gasteiger charge is 1.89. The Balaban J connectivity index is 3.95. The first kappa shape index (κ1) is 15.3. The summed E-state index contributed by atoms with van der Waals surface area (Å²) >= 11 is 0. The molecule has 0 aromatic heterocycles. The minimum atomic E-state index is -0.865. The maximum atomic E-state index is 9.40. The zero-order valence-electron chi connectivity index (χ0n) is 9.89. The molecule has 0 fully saturated rings. The lowest BCUT2D eigenvalue weighted by Crippen LogP contribution is -1.97. The highest BCUT2D eigenvalue weighted by atomic mass is 16.3. The van der Waals surface area contributed by atoms with Crippen molar-refractivity contribution in [3.05, 3.63) is 37.5 Å². The molecule has 2 N–H and O–H groups in total. The van der Waals surface area contributed by atoms with Crippen molar-refractivity contribution in [1.29, 1.82) is 0 Å². The predicted octanol–water partition coefficient (Wildman–Crippen LogP) is 1.81. The van der Waals surface area contributed by atoms with Crippen molar-refractivity contribution in [2.45, 2.75) is 31.5 Å². The molecular formula is C15H18O2. The lowest BCUT2D eigenvalue weighted by Gasteiger charge is -1.93. The maximum absolute atomic E-state index is 9.40. The molecule has 0 heterocycles. The zero-order valence-corrected chi connectivity index (χ0v) is 9.89. The lowest BCUT2D eigenvalue weighted by atomic mass is 10.2. The van der Waals surface area contributed by atoms with Crippen LogP contribution in [0.2, 0.25) is 0 Å². The van der Waals surface area contributed by atoms with Crippen LogP contribution in [0.15, 0.2) is 37.5 Å². The molecule has 0 amide bonds. The van der Waals surface area contributed by atoms with E-state index in [1.165, 1.54) is 6.08 Å². The van der Waals surface area contributed by atoms with Gasteiger partial charge in [0.1, 0.15) is 12.2 Å². The van der Waals surface area contributed by atoms with E-state index in [1.807, 2.05) is 12.2 Å². The molecule has 2 heteroatoms. The maximum Gasteiger partial charge on any atom is 0.134 e. The Morgan fingerprint density at radius 2 is 1.65 bits per heavy atom. The van der Waals surface area contributed by atoms with Crippen LogP contribution in [-0.4, -0.2) is 22.4 Å². The monoisotopic (exact) mass is 230 g/mol. The highest BCUT2D eigenvalue weighted by Crippen LogP contribution is 1.97. The van der Waals surface area contributed by atoms with Crippen molar-refractivity contribution in [2.24, 2.45) is 0 Å². The van der Waals surface area contributed by atoms with E-state index in [4.69, 9.17) is 5.11 Å². The summed E-state index contributed by atoms with van der Waals surface area (Å²) in [5, 5.41) is 18.4. The quantitative estimate of drug-likeness (QED) is 0.415. The Morgan fingerprint density at radius 3 is 2.24 bits per heavy atom. The molecule has 0 rings (SSSR count). The van der Waals surface area contributed by atoms with Crippen LogP contribution in [0, 0.1) is 23.7 Å². The summed E-state index contributed by atoms with van der Waals surface area (Å²) in [6.45, 7) is 7.00. The van der Waals surface area contributed by atoms with Gasteiger partial charge in [0.25, 0.3) is 0 Å². The average Bonchev–Trinajstić information content (AvgIpc) is 2.34. The van der Waals surface area contributed by atoms with Crippen LogP contribution in [0.25, 0.3) is 0 Å². The van der Waals surface area contributed by atoms with Gasteiger partial charge in [0.2, 0.25) is 0 Å². The lowest BCUT2D eigenvalue weighted by molar-refractivity contribution is 0.280. The first-order chi connectivity index (χ1) is 8.20. The van der Waals surface area contributed by atoms with Crippen molar-refractivity contribution in [3.8, 4) is 23.7 Å². The molecule has 0 aromatic carbocycles. The minimum Gasteiger partial charge on any atom is -0.377 e. The molecule has 0 aliphatic rings. The van der Waals surface area contributed by atoms with E-state index < -0.39 is 12.2 Å². The molecule has 0 saturated carbocycles. The molecule has 0 spiro atoms. The first-order valence-corrected chi connectivity index (χ1v) is 5.48. The molecule has 0 aliphatic heterocycles. The fraction of sp³-hybridized carbons (Fsp3) is 0.333. The van der Waals surface area contributed by atoms with Gasteiger partial charge in [-0.2, -0.15) is 0 Å². The van der Waals surface area contributed by atoms with Crippen molar-refractivity contribution in [2.75, 3.05) is 0 Å². The normalized spacial score (nSPS) is 12.8. The van der Waals surface area contributed by atoms with Crippen LogP contribution in [0.4, 0.5) is 0 Å². The zero-order chi connectivity index (χ0) is 12.9. The Hall–Kier alpha value is -1.74. The van der Waals surface area contributed by atoms with E-state index in [2.05, 4.69) is 36.8 Å². The van der Waals surface area contributed by atoms with Crippen molar-refractivity contribution in [1.82, 2.24) is 0 Å². The van der Waals surface area contributed by atoms with E-state index in [1.54, 1.807) is 6.08 Å². The molecular weight excluding hydrogens is 212 g/mol. The summed E-state index contributed by atoms with van der Waals surface area (Å²) in [6.07, 6.45) is 7.89.